The third kappa shape index (κ3) is 1.22. The molecule has 0 aliphatic rings. The van der Waals surface area contributed by atoms with E-state index in [0.717, 1.165) is 4.70 Å². The Morgan fingerprint density at radius 3 is 2.44 bits per heavy atom. The Morgan fingerprint density at radius 2 is 1.75 bits per heavy atom. The van der Waals surface area contributed by atoms with E-state index in [0.29, 0.717) is 21.7 Å². The highest BCUT2D eigenvalue weighted by atomic mass is 32.1. The van der Waals surface area contributed by atoms with Crippen molar-refractivity contribution in [2.24, 2.45) is 0 Å². The average Bonchev–Trinajstić information content (AvgIpc) is 2.56. The summed E-state index contributed by atoms with van der Waals surface area (Å²) < 4.78 is 0.868. The highest BCUT2D eigenvalue weighted by molar-refractivity contribution is 7.22. The van der Waals surface area contributed by atoms with Crippen LogP contribution in [0, 0.1) is 0 Å². The topological polar surface area (TPSA) is 105 Å². The number of nitrogens with zero attached hydrogens (tertiary/aromatic N) is 1. The molecule has 7 heteroatoms. The maximum atomic E-state index is 11.1. The van der Waals surface area contributed by atoms with E-state index in [4.69, 9.17) is 5.73 Å². The minimum Gasteiger partial charge on any atom is -0.375 e. The van der Waals surface area contributed by atoms with Crippen LogP contribution < -0.4 is 16.9 Å². The zero-order valence-electron chi connectivity index (χ0n) is 7.90. The summed E-state index contributed by atoms with van der Waals surface area (Å²) >= 11 is 1.33. The number of hydrogen-bond acceptors (Lipinski definition) is 5. The first-order valence-corrected chi connectivity index (χ1v) is 5.27. The van der Waals surface area contributed by atoms with Gasteiger partial charge < -0.3 is 15.7 Å². The number of nitrogens with one attached hydrogen (secondary N) is 2. The molecule has 80 valence electrons. The molecule has 0 atom stereocenters. The number of hydrogen-bond donors (Lipinski definition) is 3. The molecule has 0 aliphatic carbocycles. The molecule has 16 heavy (non-hydrogen) atoms. The number of nitrogens with two attached hydrogens (primary N) is 1. The van der Waals surface area contributed by atoms with E-state index in [1.165, 1.54) is 11.3 Å². The van der Waals surface area contributed by atoms with Crippen molar-refractivity contribution >= 4 is 37.7 Å². The van der Waals surface area contributed by atoms with Crippen LogP contribution in [-0.2, 0) is 0 Å². The quantitative estimate of drug-likeness (QED) is 0.490. The van der Waals surface area contributed by atoms with Crippen LogP contribution in [0.25, 0.3) is 21.3 Å². The SMILES string of the molecule is Nc1nc2cc3[nH]c(=O)c(=O)[nH]c3cc2s1. The number of aromatic nitrogens is 3. The van der Waals surface area contributed by atoms with Crippen LogP contribution in [-0.4, -0.2) is 15.0 Å². The van der Waals surface area contributed by atoms with Gasteiger partial charge in [0.25, 0.3) is 0 Å². The van der Waals surface area contributed by atoms with Crippen LogP contribution in [0.3, 0.4) is 0 Å². The molecule has 0 aliphatic heterocycles. The molecule has 0 saturated heterocycles. The lowest BCUT2D eigenvalue weighted by Crippen LogP contribution is -2.28. The lowest BCUT2D eigenvalue weighted by molar-refractivity contribution is 1.15. The van der Waals surface area contributed by atoms with Crippen molar-refractivity contribution in [1.82, 2.24) is 15.0 Å². The number of benzene rings is 1. The van der Waals surface area contributed by atoms with Gasteiger partial charge in [-0.2, -0.15) is 0 Å². The summed E-state index contributed by atoms with van der Waals surface area (Å²) in [6, 6.07) is 3.44. The molecule has 2 aromatic heterocycles. The van der Waals surface area contributed by atoms with Gasteiger partial charge in [0.1, 0.15) is 0 Å². The fourth-order valence-corrected chi connectivity index (χ4v) is 2.31. The third-order valence-corrected chi connectivity index (χ3v) is 3.09. The molecule has 0 spiro atoms. The molecule has 0 fully saturated rings. The van der Waals surface area contributed by atoms with Gasteiger partial charge in [0, 0.05) is 0 Å². The monoisotopic (exact) mass is 234 g/mol. The van der Waals surface area contributed by atoms with Gasteiger partial charge in [-0.15, -0.1) is 0 Å². The van der Waals surface area contributed by atoms with Crippen molar-refractivity contribution < 1.29 is 0 Å². The molecule has 0 saturated carbocycles. The molecule has 0 amide bonds. The Labute approximate surface area is 91.8 Å². The Balaban J connectivity index is 2.55. The number of thiazole rings is 1. The first kappa shape index (κ1) is 9.10. The normalized spacial score (nSPS) is 11.2. The second-order valence-electron chi connectivity index (χ2n) is 3.33. The molecule has 0 radical (unpaired) electrons. The van der Waals surface area contributed by atoms with Crippen LogP contribution in [0.1, 0.15) is 0 Å². The maximum Gasteiger partial charge on any atom is 0.314 e. The van der Waals surface area contributed by atoms with E-state index in [9.17, 15) is 9.59 Å². The van der Waals surface area contributed by atoms with Gasteiger partial charge in [-0.25, -0.2) is 4.98 Å². The van der Waals surface area contributed by atoms with Crippen molar-refractivity contribution in [3.8, 4) is 0 Å². The predicted molar refractivity (Wildman–Crippen MR) is 62.8 cm³/mol. The molecule has 0 unspecified atom stereocenters. The van der Waals surface area contributed by atoms with Crippen LogP contribution in [0.4, 0.5) is 5.13 Å². The number of rotatable bonds is 0. The van der Waals surface area contributed by atoms with E-state index in [1.807, 2.05) is 0 Å². The van der Waals surface area contributed by atoms with E-state index in [1.54, 1.807) is 12.1 Å². The highest BCUT2D eigenvalue weighted by Crippen LogP contribution is 2.26. The second-order valence-corrected chi connectivity index (χ2v) is 4.39. The number of aromatic amines is 2. The van der Waals surface area contributed by atoms with Crippen LogP contribution >= 0.6 is 11.3 Å². The van der Waals surface area contributed by atoms with Crippen molar-refractivity contribution in [2.45, 2.75) is 0 Å². The molecule has 0 bridgehead atoms. The maximum absolute atomic E-state index is 11.1. The average molecular weight is 234 g/mol. The van der Waals surface area contributed by atoms with Crippen molar-refractivity contribution in [3.05, 3.63) is 32.8 Å². The zero-order valence-corrected chi connectivity index (χ0v) is 8.72. The van der Waals surface area contributed by atoms with Gasteiger partial charge in [0.05, 0.1) is 21.3 Å². The summed E-state index contributed by atoms with van der Waals surface area (Å²) in [6.45, 7) is 0. The molecule has 1 aromatic carbocycles. The lowest BCUT2D eigenvalue weighted by Gasteiger charge is -1.95. The summed E-state index contributed by atoms with van der Waals surface area (Å²) in [6.07, 6.45) is 0. The molecule has 3 rings (SSSR count). The van der Waals surface area contributed by atoms with Crippen LogP contribution in [0.15, 0.2) is 21.7 Å². The van der Waals surface area contributed by atoms with Gasteiger partial charge in [-0.1, -0.05) is 11.3 Å². The summed E-state index contributed by atoms with van der Waals surface area (Å²) in [5.74, 6) is 0. The van der Waals surface area contributed by atoms with E-state index in [2.05, 4.69) is 15.0 Å². The largest absolute Gasteiger partial charge is 0.375 e. The Morgan fingerprint density at radius 1 is 1.12 bits per heavy atom. The first-order chi connectivity index (χ1) is 7.63. The smallest absolute Gasteiger partial charge is 0.314 e. The van der Waals surface area contributed by atoms with Crippen molar-refractivity contribution in [1.29, 1.82) is 0 Å². The molecular weight excluding hydrogens is 228 g/mol. The van der Waals surface area contributed by atoms with Gasteiger partial charge >= 0.3 is 11.1 Å². The van der Waals surface area contributed by atoms with Crippen LogP contribution in [0.2, 0.25) is 0 Å². The van der Waals surface area contributed by atoms with Crippen molar-refractivity contribution in [2.75, 3.05) is 5.73 Å². The number of H-pyrrole nitrogens is 2. The fraction of sp³-hybridized carbons (Fsp3) is 0. The number of fused-ring (bicyclic) bond motifs is 2. The Bertz CT molecular complexity index is 747. The summed E-state index contributed by atoms with van der Waals surface area (Å²) in [5, 5.41) is 0.454. The van der Waals surface area contributed by atoms with Gasteiger partial charge in [-0.3, -0.25) is 9.59 Å². The van der Waals surface area contributed by atoms with E-state index >= 15 is 0 Å². The molecule has 6 nitrogen and oxygen atoms in total. The number of nitrogen functional groups attached to an aromatic ring is 1. The van der Waals surface area contributed by atoms with Gasteiger partial charge in [-0.05, 0) is 12.1 Å². The molecule has 4 N–H and O–H groups in total. The standard InChI is InChI=1S/C9H6N4O2S/c10-9-13-5-1-3-4(2-6(5)16-9)12-8(15)7(14)11-3/h1-2H,(H2,10,13)(H,11,14)(H,12,15). The molecule has 2 heterocycles. The minimum atomic E-state index is -0.671. The fourth-order valence-electron chi connectivity index (χ4n) is 1.56. The molecular formula is C9H6N4O2S. The summed E-state index contributed by atoms with van der Waals surface area (Å²) in [7, 11) is 0. The second kappa shape index (κ2) is 2.92. The third-order valence-electron chi connectivity index (χ3n) is 2.25. The predicted octanol–water partition coefficient (Wildman–Crippen LogP) is 0.408. The van der Waals surface area contributed by atoms with E-state index < -0.39 is 11.1 Å². The summed E-state index contributed by atoms with van der Waals surface area (Å²) in [4.78, 5) is 31.4. The lowest BCUT2D eigenvalue weighted by atomic mass is 10.3. The Kier molecular flexibility index (Phi) is 1.66. The van der Waals surface area contributed by atoms with Gasteiger partial charge in [0.2, 0.25) is 0 Å². The molecule has 3 aromatic rings. The van der Waals surface area contributed by atoms with Crippen LogP contribution in [0.5, 0.6) is 0 Å². The highest BCUT2D eigenvalue weighted by Gasteiger charge is 2.05. The first-order valence-electron chi connectivity index (χ1n) is 4.46. The minimum absolute atomic E-state index is 0.454. The van der Waals surface area contributed by atoms with Gasteiger partial charge in [0.15, 0.2) is 5.13 Å². The summed E-state index contributed by atoms with van der Waals surface area (Å²) in [5.41, 5.74) is 6.06. The van der Waals surface area contributed by atoms with Crippen molar-refractivity contribution in [3.63, 3.8) is 0 Å². The Hall–Kier alpha value is -2.15. The zero-order chi connectivity index (χ0) is 11.3. The van der Waals surface area contributed by atoms with E-state index in [-0.39, 0.29) is 0 Å². The number of anilines is 1.